The maximum absolute atomic E-state index is 13.6. The van der Waals surface area contributed by atoms with Crippen molar-refractivity contribution >= 4 is 11.9 Å². The molecule has 6 heteroatoms. The van der Waals surface area contributed by atoms with Crippen LogP contribution in [0.3, 0.4) is 0 Å². The molecule has 0 spiro atoms. The highest BCUT2D eigenvalue weighted by Gasteiger charge is 2.19. The van der Waals surface area contributed by atoms with E-state index < -0.39 is 17.7 Å². The van der Waals surface area contributed by atoms with E-state index >= 15 is 0 Å². The van der Waals surface area contributed by atoms with E-state index in [1.807, 2.05) is 0 Å². The van der Waals surface area contributed by atoms with Gasteiger partial charge in [-0.15, -0.1) is 0 Å². The van der Waals surface area contributed by atoms with Crippen LogP contribution < -0.4 is 0 Å². The minimum absolute atomic E-state index is 0.0460. The second-order valence-electron chi connectivity index (χ2n) is 4.26. The lowest BCUT2D eigenvalue weighted by atomic mass is 10.1. The highest BCUT2D eigenvalue weighted by Crippen LogP contribution is 2.11. The first-order chi connectivity index (χ1) is 9.56. The van der Waals surface area contributed by atoms with Gasteiger partial charge in [0.25, 0.3) is 5.91 Å². The van der Waals surface area contributed by atoms with Gasteiger partial charge in [0.1, 0.15) is 5.82 Å². The fourth-order valence-electron chi connectivity index (χ4n) is 1.75. The number of hydrogen-bond donors (Lipinski definition) is 1. The van der Waals surface area contributed by atoms with Gasteiger partial charge in [-0.3, -0.25) is 9.59 Å². The summed E-state index contributed by atoms with van der Waals surface area (Å²) in [5.74, 6) is -2.10. The first-order valence-electron chi connectivity index (χ1n) is 6.30. The summed E-state index contributed by atoms with van der Waals surface area (Å²) in [5, 5.41) is 8.70. The second kappa shape index (κ2) is 8.27. The van der Waals surface area contributed by atoms with Crippen LogP contribution in [0.15, 0.2) is 24.3 Å². The van der Waals surface area contributed by atoms with Gasteiger partial charge in [0, 0.05) is 26.8 Å². The van der Waals surface area contributed by atoms with Gasteiger partial charge < -0.3 is 14.7 Å². The van der Waals surface area contributed by atoms with E-state index in [0.717, 1.165) is 0 Å². The van der Waals surface area contributed by atoms with Gasteiger partial charge in [-0.2, -0.15) is 0 Å². The van der Waals surface area contributed by atoms with E-state index in [9.17, 15) is 14.0 Å². The van der Waals surface area contributed by atoms with Gasteiger partial charge >= 0.3 is 5.97 Å². The van der Waals surface area contributed by atoms with Gasteiger partial charge in [0.15, 0.2) is 0 Å². The predicted molar refractivity (Wildman–Crippen MR) is 71.0 cm³/mol. The minimum atomic E-state index is -0.997. The molecule has 1 rings (SSSR count). The number of halogens is 1. The zero-order valence-electron chi connectivity index (χ0n) is 11.3. The summed E-state index contributed by atoms with van der Waals surface area (Å²) in [6.07, 6.45) is 0.392. The number of methoxy groups -OCH3 is 1. The van der Waals surface area contributed by atoms with Crippen LogP contribution in [0.1, 0.15) is 23.2 Å². The number of nitrogens with zero attached hydrogens (tertiary/aromatic N) is 1. The Kier molecular flexibility index (Phi) is 6.66. The van der Waals surface area contributed by atoms with Crippen molar-refractivity contribution in [2.45, 2.75) is 12.8 Å². The van der Waals surface area contributed by atoms with E-state index in [2.05, 4.69) is 0 Å². The number of carboxylic acids is 1. The number of ether oxygens (including phenoxy) is 1. The van der Waals surface area contributed by atoms with Crippen LogP contribution in [-0.2, 0) is 9.53 Å². The molecule has 0 aliphatic rings. The van der Waals surface area contributed by atoms with Crippen LogP contribution in [0.4, 0.5) is 4.39 Å². The lowest BCUT2D eigenvalue weighted by molar-refractivity contribution is -0.137. The third-order valence-electron chi connectivity index (χ3n) is 2.76. The van der Waals surface area contributed by atoms with Crippen LogP contribution in [-0.4, -0.2) is 48.7 Å². The third-order valence-corrected chi connectivity index (χ3v) is 2.76. The molecule has 0 radical (unpaired) electrons. The first-order valence-corrected chi connectivity index (χ1v) is 6.30. The van der Waals surface area contributed by atoms with Crippen molar-refractivity contribution in [1.29, 1.82) is 0 Å². The third kappa shape index (κ3) is 4.97. The lowest BCUT2D eigenvalue weighted by Gasteiger charge is -2.22. The standard InChI is InChI=1S/C14H18FNO4/c1-20-10-4-8-16(9-7-13(17)18)14(19)11-5-2-3-6-12(11)15/h2-3,5-6H,4,7-10H2,1H3,(H,17,18). The Hall–Kier alpha value is -1.95. The van der Waals surface area contributed by atoms with Crippen molar-refractivity contribution in [2.75, 3.05) is 26.8 Å². The number of rotatable bonds is 8. The van der Waals surface area contributed by atoms with Gasteiger partial charge in [0.05, 0.1) is 12.0 Å². The summed E-state index contributed by atoms with van der Waals surface area (Å²) >= 11 is 0. The Morgan fingerprint density at radius 3 is 2.60 bits per heavy atom. The summed E-state index contributed by atoms with van der Waals surface area (Å²) in [7, 11) is 1.54. The van der Waals surface area contributed by atoms with Crippen LogP contribution in [0, 0.1) is 5.82 Å². The van der Waals surface area contributed by atoms with Crippen molar-refractivity contribution in [2.24, 2.45) is 0 Å². The maximum Gasteiger partial charge on any atom is 0.305 e. The highest BCUT2D eigenvalue weighted by molar-refractivity contribution is 5.94. The van der Waals surface area contributed by atoms with Crippen LogP contribution in [0.25, 0.3) is 0 Å². The molecule has 1 aromatic rings. The molecule has 0 atom stereocenters. The smallest absolute Gasteiger partial charge is 0.305 e. The number of carbonyl (C=O) groups is 2. The van der Waals surface area contributed by atoms with E-state index in [1.165, 1.54) is 23.1 Å². The van der Waals surface area contributed by atoms with E-state index in [0.29, 0.717) is 19.6 Å². The summed E-state index contributed by atoms with van der Waals surface area (Å²) in [4.78, 5) is 24.2. The summed E-state index contributed by atoms with van der Waals surface area (Å²) in [6, 6.07) is 5.67. The predicted octanol–water partition coefficient (Wildman–Crippen LogP) is 1.78. The Balaban J connectivity index is 2.77. The minimum Gasteiger partial charge on any atom is -0.481 e. The summed E-state index contributed by atoms with van der Waals surface area (Å²) in [6.45, 7) is 0.828. The van der Waals surface area contributed by atoms with E-state index in [4.69, 9.17) is 9.84 Å². The summed E-state index contributed by atoms with van der Waals surface area (Å²) in [5.41, 5.74) is -0.0460. The van der Waals surface area contributed by atoms with Crippen molar-refractivity contribution in [3.63, 3.8) is 0 Å². The Labute approximate surface area is 117 Å². The van der Waals surface area contributed by atoms with E-state index in [1.54, 1.807) is 13.2 Å². The van der Waals surface area contributed by atoms with Crippen molar-refractivity contribution in [1.82, 2.24) is 4.90 Å². The van der Waals surface area contributed by atoms with Crippen molar-refractivity contribution in [3.8, 4) is 0 Å². The SMILES string of the molecule is COCCCN(CCC(=O)O)C(=O)c1ccccc1F. The second-order valence-corrected chi connectivity index (χ2v) is 4.26. The zero-order chi connectivity index (χ0) is 15.0. The number of aliphatic carboxylic acids is 1. The van der Waals surface area contributed by atoms with E-state index in [-0.39, 0.29) is 18.5 Å². The molecule has 0 unspecified atom stereocenters. The van der Waals surface area contributed by atoms with Crippen molar-refractivity contribution in [3.05, 3.63) is 35.6 Å². The lowest BCUT2D eigenvalue weighted by Crippen LogP contribution is -2.35. The number of hydrogen-bond acceptors (Lipinski definition) is 3. The van der Waals surface area contributed by atoms with Gasteiger partial charge in [-0.1, -0.05) is 12.1 Å². The van der Waals surface area contributed by atoms with Gasteiger partial charge in [0.2, 0.25) is 0 Å². The molecular weight excluding hydrogens is 265 g/mol. The van der Waals surface area contributed by atoms with Crippen LogP contribution in [0.2, 0.25) is 0 Å². The molecule has 0 aliphatic heterocycles. The van der Waals surface area contributed by atoms with Crippen molar-refractivity contribution < 1.29 is 23.8 Å². The maximum atomic E-state index is 13.6. The van der Waals surface area contributed by atoms with Gasteiger partial charge in [-0.05, 0) is 18.6 Å². The molecule has 110 valence electrons. The summed E-state index contributed by atoms with van der Waals surface area (Å²) < 4.78 is 18.5. The molecule has 0 aromatic heterocycles. The average molecular weight is 283 g/mol. The molecule has 0 saturated carbocycles. The number of amides is 1. The number of carbonyl (C=O) groups excluding carboxylic acids is 1. The number of benzene rings is 1. The fourth-order valence-corrected chi connectivity index (χ4v) is 1.75. The molecule has 0 saturated heterocycles. The number of carboxylic acid groups (broad SMARTS) is 1. The monoisotopic (exact) mass is 283 g/mol. The average Bonchev–Trinajstić information content (AvgIpc) is 2.42. The molecule has 5 nitrogen and oxygen atoms in total. The normalized spacial score (nSPS) is 10.3. The first kappa shape index (κ1) is 16.1. The van der Waals surface area contributed by atoms with Crippen LogP contribution >= 0.6 is 0 Å². The quantitative estimate of drug-likeness (QED) is 0.738. The highest BCUT2D eigenvalue weighted by atomic mass is 19.1. The zero-order valence-corrected chi connectivity index (χ0v) is 11.3. The molecule has 0 bridgehead atoms. The molecule has 0 fully saturated rings. The Morgan fingerprint density at radius 1 is 1.30 bits per heavy atom. The molecule has 1 N–H and O–H groups in total. The fraction of sp³-hybridized carbons (Fsp3) is 0.429. The molecule has 20 heavy (non-hydrogen) atoms. The Morgan fingerprint density at radius 2 is 2.00 bits per heavy atom. The molecule has 0 heterocycles. The Bertz CT molecular complexity index is 464. The van der Waals surface area contributed by atoms with Crippen LogP contribution in [0.5, 0.6) is 0 Å². The van der Waals surface area contributed by atoms with Gasteiger partial charge in [-0.25, -0.2) is 4.39 Å². The molecule has 0 aliphatic carbocycles. The molecule has 1 aromatic carbocycles. The molecular formula is C14H18FNO4. The topological polar surface area (TPSA) is 66.8 Å². The molecule has 1 amide bonds. The largest absolute Gasteiger partial charge is 0.481 e.